The molecular formula is C16H13ClN4O4. The summed E-state index contributed by atoms with van der Waals surface area (Å²) < 4.78 is 0. The molecule has 2 amide bonds. The number of halogens is 1. The number of non-ortho nitro benzene ring substituents is 1. The van der Waals surface area contributed by atoms with Gasteiger partial charge in [0, 0.05) is 17.7 Å². The molecular weight excluding hydrogens is 348 g/mol. The Morgan fingerprint density at radius 3 is 2.68 bits per heavy atom. The predicted octanol–water partition coefficient (Wildman–Crippen LogP) is 2.13. The number of nitrogens with one attached hydrogen (secondary N) is 2. The lowest BCUT2D eigenvalue weighted by Gasteiger charge is -2.05. The second kappa shape index (κ2) is 8.55. The topological polar surface area (TPSA) is 114 Å². The highest BCUT2D eigenvalue weighted by molar-refractivity contribution is 6.33. The summed E-state index contributed by atoms with van der Waals surface area (Å²) in [5.74, 6) is -1.04. The number of nitro benzene ring substituents is 1. The second-order valence-electron chi connectivity index (χ2n) is 4.81. The highest BCUT2D eigenvalue weighted by atomic mass is 35.5. The minimum Gasteiger partial charge on any atom is -0.343 e. The monoisotopic (exact) mass is 360 g/mol. The van der Waals surface area contributed by atoms with Crippen LogP contribution in [0.1, 0.15) is 15.9 Å². The Labute approximate surface area is 147 Å². The average molecular weight is 361 g/mol. The van der Waals surface area contributed by atoms with Crippen LogP contribution in [-0.4, -0.2) is 29.5 Å². The van der Waals surface area contributed by atoms with Crippen LogP contribution >= 0.6 is 11.6 Å². The summed E-state index contributed by atoms with van der Waals surface area (Å²) in [7, 11) is 0. The van der Waals surface area contributed by atoms with Crippen molar-refractivity contribution in [3.63, 3.8) is 0 Å². The van der Waals surface area contributed by atoms with E-state index in [0.29, 0.717) is 5.56 Å². The van der Waals surface area contributed by atoms with Crippen molar-refractivity contribution >= 4 is 35.3 Å². The molecule has 0 saturated heterocycles. The molecule has 2 rings (SSSR count). The first-order valence-electron chi connectivity index (χ1n) is 7.06. The molecule has 128 valence electrons. The number of nitro groups is 1. The maximum absolute atomic E-state index is 11.9. The number of carbonyl (C=O) groups excluding carboxylic acids is 2. The molecule has 0 saturated carbocycles. The van der Waals surface area contributed by atoms with Gasteiger partial charge in [-0.1, -0.05) is 35.9 Å². The Morgan fingerprint density at radius 2 is 1.96 bits per heavy atom. The molecule has 0 fully saturated rings. The van der Waals surface area contributed by atoms with E-state index in [2.05, 4.69) is 15.8 Å². The van der Waals surface area contributed by atoms with Crippen LogP contribution in [0.4, 0.5) is 5.69 Å². The Balaban J connectivity index is 1.84. The molecule has 0 aliphatic heterocycles. The highest BCUT2D eigenvalue weighted by Gasteiger charge is 2.10. The van der Waals surface area contributed by atoms with Crippen LogP contribution in [-0.2, 0) is 4.79 Å². The zero-order chi connectivity index (χ0) is 18.2. The molecule has 0 spiro atoms. The molecule has 0 heterocycles. The van der Waals surface area contributed by atoms with E-state index in [-0.39, 0.29) is 22.8 Å². The van der Waals surface area contributed by atoms with Crippen LogP contribution in [0, 0.1) is 10.1 Å². The SMILES string of the molecule is O=C(CNC(=O)c1ccccc1Cl)NN=Cc1cccc([N+](=O)[O-])c1. The van der Waals surface area contributed by atoms with Gasteiger partial charge in [-0.2, -0.15) is 5.10 Å². The van der Waals surface area contributed by atoms with Crippen molar-refractivity contribution in [1.82, 2.24) is 10.7 Å². The molecule has 0 atom stereocenters. The van der Waals surface area contributed by atoms with Crippen LogP contribution in [0.25, 0.3) is 0 Å². The van der Waals surface area contributed by atoms with E-state index in [9.17, 15) is 19.7 Å². The van der Waals surface area contributed by atoms with Crippen LogP contribution in [0.5, 0.6) is 0 Å². The number of benzene rings is 2. The van der Waals surface area contributed by atoms with Gasteiger partial charge < -0.3 is 5.32 Å². The minimum atomic E-state index is -0.554. The smallest absolute Gasteiger partial charge is 0.270 e. The number of carbonyl (C=O) groups is 2. The maximum Gasteiger partial charge on any atom is 0.270 e. The summed E-state index contributed by atoms with van der Waals surface area (Å²) >= 11 is 5.89. The van der Waals surface area contributed by atoms with Crippen molar-refractivity contribution in [3.8, 4) is 0 Å². The van der Waals surface area contributed by atoms with E-state index in [1.807, 2.05) is 0 Å². The lowest BCUT2D eigenvalue weighted by atomic mass is 10.2. The predicted molar refractivity (Wildman–Crippen MR) is 92.6 cm³/mol. The van der Waals surface area contributed by atoms with Gasteiger partial charge in [0.1, 0.15) is 0 Å². The molecule has 2 aromatic rings. The fourth-order valence-electron chi connectivity index (χ4n) is 1.84. The molecule has 2 aromatic carbocycles. The van der Waals surface area contributed by atoms with Gasteiger partial charge in [-0.3, -0.25) is 19.7 Å². The Bertz CT molecular complexity index is 838. The summed E-state index contributed by atoms with van der Waals surface area (Å²) in [5, 5.41) is 17.0. The molecule has 0 bridgehead atoms. The third kappa shape index (κ3) is 5.40. The van der Waals surface area contributed by atoms with Crippen LogP contribution in [0.2, 0.25) is 5.02 Å². The highest BCUT2D eigenvalue weighted by Crippen LogP contribution is 2.14. The van der Waals surface area contributed by atoms with Gasteiger partial charge in [0.05, 0.1) is 28.3 Å². The number of hydrogen-bond acceptors (Lipinski definition) is 5. The van der Waals surface area contributed by atoms with Gasteiger partial charge in [-0.15, -0.1) is 0 Å². The van der Waals surface area contributed by atoms with Crippen molar-refractivity contribution in [2.45, 2.75) is 0 Å². The van der Waals surface area contributed by atoms with E-state index in [0.717, 1.165) is 0 Å². The standard InChI is InChI=1S/C16H13ClN4O4/c17-14-7-2-1-6-13(14)16(23)18-10-15(22)20-19-9-11-4-3-5-12(8-11)21(24)25/h1-9H,10H2,(H,18,23)(H,20,22). The van der Waals surface area contributed by atoms with Crippen molar-refractivity contribution in [1.29, 1.82) is 0 Å². The molecule has 0 radical (unpaired) electrons. The first kappa shape index (κ1) is 18.1. The fraction of sp³-hybridized carbons (Fsp3) is 0.0625. The third-order valence-corrected chi connectivity index (χ3v) is 3.34. The number of amides is 2. The summed E-state index contributed by atoms with van der Waals surface area (Å²) in [6.45, 7) is -0.295. The molecule has 2 N–H and O–H groups in total. The normalized spacial score (nSPS) is 10.4. The average Bonchev–Trinajstić information content (AvgIpc) is 2.60. The molecule has 0 unspecified atom stereocenters. The molecule has 9 heteroatoms. The van der Waals surface area contributed by atoms with Gasteiger partial charge in [-0.05, 0) is 12.1 Å². The van der Waals surface area contributed by atoms with Crippen molar-refractivity contribution in [3.05, 3.63) is 74.8 Å². The fourth-order valence-corrected chi connectivity index (χ4v) is 2.06. The lowest BCUT2D eigenvalue weighted by molar-refractivity contribution is -0.384. The summed E-state index contributed by atoms with van der Waals surface area (Å²) in [6, 6.07) is 12.2. The maximum atomic E-state index is 11.9. The van der Waals surface area contributed by atoms with Gasteiger partial charge in [-0.25, -0.2) is 5.43 Å². The quantitative estimate of drug-likeness (QED) is 0.466. The minimum absolute atomic E-state index is 0.0812. The third-order valence-electron chi connectivity index (χ3n) is 3.01. The number of hydrogen-bond donors (Lipinski definition) is 2. The van der Waals surface area contributed by atoms with Gasteiger partial charge in [0.2, 0.25) is 0 Å². The van der Waals surface area contributed by atoms with E-state index in [1.165, 1.54) is 30.5 Å². The summed E-state index contributed by atoms with van der Waals surface area (Å²) in [4.78, 5) is 33.7. The van der Waals surface area contributed by atoms with Crippen molar-refractivity contribution < 1.29 is 14.5 Å². The van der Waals surface area contributed by atoms with E-state index in [4.69, 9.17) is 11.6 Å². The zero-order valence-corrected chi connectivity index (χ0v) is 13.6. The lowest BCUT2D eigenvalue weighted by Crippen LogP contribution is -2.35. The van der Waals surface area contributed by atoms with Crippen molar-refractivity contribution in [2.75, 3.05) is 6.54 Å². The summed E-state index contributed by atoms with van der Waals surface area (Å²) in [6.07, 6.45) is 1.26. The van der Waals surface area contributed by atoms with Crippen molar-refractivity contribution in [2.24, 2.45) is 5.10 Å². The Hall–Kier alpha value is -3.26. The Morgan fingerprint density at radius 1 is 1.20 bits per heavy atom. The van der Waals surface area contributed by atoms with Gasteiger partial charge >= 0.3 is 0 Å². The molecule has 0 aliphatic carbocycles. The zero-order valence-electron chi connectivity index (χ0n) is 12.8. The van der Waals surface area contributed by atoms with Crippen LogP contribution in [0.3, 0.4) is 0 Å². The number of rotatable bonds is 6. The molecule has 0 aliphatic rings. The van der Waals surface area contributed by atoms with E-state index >= 15 is 0 Å². The largest absolute Gasteiger partial charge is 0.343 e. The van der Waals surface area contributed by atoms with Gasteiger partial charge in [0.25, 0.3) is 17.5 Å². The van der Waals surface area contributed by atoms with Crippen LogP contribution < -0.4 is 10.7 Å². The van der Waals surface area contributed by atoms with E-state index in [1.54, 1.807) is 24.3 Å². The molecule has 25 heavy (non-hydrogen) atoms. The second-order valence-corrected chi connectivity index (χ2v) is 5.21. The number of hydrazone groups is 1. The Kier molecular flexibility index (Phi) is 6.19. The van der Waals surface area contributed by atoms with E-state index < -0.39 is 16.7 Å². The molecule has 0 aromatic heterocycles. The molecule has 8 nitrogen and oxygen atoms in total. The van der Waals surface area contributed by atoms with Crippen LogP contribution in [0.15, 0.2) is 53.6 Å². The van der Waals surface area contributed by atoms with Gasteiger partial charge in [0.15, 0.2) is 0 Å². The summed E-state index contributed by atoms with van der Waals surface area (Å²) in [5.41, 5.74) is 2.85. The first-order chi connectivity index (χ1) is 12.0. The first-order valence-corrected chi connectivity index (χ1v) is 7.44. The number of nitrogens with zero attached hydrogens (tertiary/aromatic N) is 2.